The van der Waals surface area contributed by atoms with Gasteiger partial charge in [0.2, 0.25) is 0 Å². The largest absolute Gasteiger partial charge is 0.360 e. The quantitative estimate of drug-likeness (QED) is 0.732. The van der Waals surface area contributed by atoms with Gasteiger partial charge in [-0.15, -0.1) is 0 Å². The zero-order chi connectivity index (χ0) is 15.6. The van der Waals surface area contributed by atoms with Crippen molar-refractivity contribution < 1.29 is 9.32 Å². The summed E-state index contributed by atoms with van der Waals surface area (Å²) in [7, 11) is 0. The lowest BCUT2D eigenvalue weighted by molar-refractivity contribution is 0.0557. The van der Waals surface area contributed by atoms with Crippen LogP contribution in [0.25, 0.3) is 0 Å². The molecule has 1 saturated carbocycles. The van der Waals surface area contributed by atoms with Crippen LogP contribution in [0.15, 0.2) is 4.52 Å². The summed E-state index contributed by atoms with van der Waals surface area (Å²) in [6.07, 6.45) is 14.2. The molecule has 23 heavy (non-hydrogen) atoms. The molecule has 2 aliphatic carbocycles. The van der Waals surface area contributed by atoms with Crippen LogP contribution >= 0.6 is 0 Å². The van der Waals surface area contributed by atoms with Gasteiger partial charge in [-0.1, -0.05) is 30.8 Å². The average molecular weight is 316 g/mol. The first-order valence-corrected chi connectivity index (χ1v) is 9.63. The predicted molar refractivity (Wildman–Crippen MR) is 88.4 cm³/mol. The molecule has 2 atom stereocenters. The van der Waals surface area contributed by atoms with Crippen LogP contribution in [0.3, 0.4) is 0 Å². The maximum atomic E-state index is 13.3. The first-order valence-electron chi connectivity index (χ1n) is 9.63. The molecular formula is C19H28N2O2. The van der Waals surface area contributed by atoms with E-state index in [9.17, 15) is 4.79 Å². The fourth-order valence-electron chi connectivity index (χ4n) is 4.91. The summed E-state index contributed by atoms with van der Waals surface area (Å²) in [5.41, 5.74) is 1.75. The van der Waals surface area contributed by atoms with E-state index in [1.165, 1.54) is 44.9 Å². The van der Waals surface area contributed by atoms with Crippen LogP contribution in [0.5, 0.6) is 0 Å². The van der Waals surface area contributed by atoms with Crippen molar-refractivity contribution in [3.63, 3.8) is 0 Å². The summed E-state index contributed by atoms with van der Waals surface area (Å²) in [5, 5.41) is 4.22. The molecule has 4 nitrogen and oxygen atoms in total. The number of fused-ring (bicyclic) bond motifs is 2. The number of aryl methyl sites for hydroxylation is 1. The zero-order valence-corrected chi connectivity index (χ0v) is 14.1. The molecule has 1 amide bonds. The molecule has 4 rings (SSSR count). The number of nitrogens with zero attached hydrogens (tertiary/aromatic N) is 2. The first kappa shape index (κ1) is 15.2. The molecule has 1 aromatic rings. The zero-order valence-electron chi connectivity index (χ0n) is 14.1. The minimum atomic E-state index is 0.149. The lowest BCUT2D eigenvalue weighted by atomic mass is 9.81. The van der Waals surface area contributed by atoms with Crippen LogP contribution in [0.1, 0.15) is 86.0 Å². The highest BCUT2D eigenvalue weighted by atomic mass is 16.5. The van der Waals surface area contributed by atoms with Gasteiger partial charge in [0.15, 0.2) is 5.69 Å². The average Bonchev–Trinajstić information content (AvgIpc) is 2.76. The van der Waals surface area contributed by atoms with Gasteiger partial charge in [-0.2, -0.15) is 0 Å². The molecule has 0 radical (unpaired) electrons. The minimum Gasteiger partial charge on any atom is -0.360 e. The second-order valence-electron chi connectivity index (χ2n) is 7.60. The van der Waals surface area contributed by atoms with E-state index in [0.29, 0.717) is 17.7 Å². The van der Waals surface area contributed by atoms with Crippen molar-refractivity contribution in [2.24, 2.45) is 5.92 Å². The Balaban J connectivity index is 1.61. The monoisotopic (exact) mass is 316 g/mol. The van der Waals surface area contributed by atoms with Crippen LogP contribution < -0.4 is 0 Å². The Labute approximate surface area is 138 Å². The molecule has 0 N–H and O–H groups in total. The Morgan fingerprint density at radius 3 is 2.65 bits per heavy atom. The third kappa shape index (κ3) is 2.92. The Kier molecular flexibility index (Phi) is 4.41. The van der Waals surface area contributed by atoms with Crippen molar-refractivity contribution in [2.45, 2.75) is 83.1 Å². The second kappa shape index (κ2) is 6.66. The third-order valence-electron chi connectivity index (χ3n) is 6.16. The van der Waals surface area contributed by atoms with Gasteiger partial charge in [0.05, 0.1) is 0 Å². The molecule has 0 bridgehead atoms. The van der Waals surface area contributed by atoms with Gasteiger partial charge >= 0.3 is 0 Å². The highest BCUT2D eigenvalue weighted by molar-refractivity contribution is 5.94. The SMILES string of the molecule is O=C(c1noc2c1CCCCC2)N1CCCC[C@H]2CCCC[C@@H]21. The molecule has 3 aliphatic rings. The Bertz CT molecular complexity index is 566. The van der Waals surface area contributed by atoms with E-state index in [-0.39, 0.29) is 5.91 Å². The molecule has 0 aromatic carbocycles. The molecule has 0 spiro atoms. The number of carbonyl (C=O) groups is 1. The van der Waals surface area contributed by atoms with E-state index in [4.69, 9.17) is 4.52 Å². The number of carbonyl (C=O) groups excluding carboxylic acids is 1. The minimum absolute atomic E-state index is 0.149. The summed E-state index contributed by atoms with van der Waals surface area (Å²) >= 11 is 0. The number of hydrogen-bond donors (Lipinski definition) is 0. The molecule has 4 heteroatoms. The fraction of sp³-hybridized carbons (Fsp3) is 0.789. The topological polar surface area (TPSA) is 46.3 Å². The van der Waals surface area contributed by atoms with Crippen LogP contribution in [-0.4, -0.2) is 28.6 Å². The van der Waals surface area contributed by atoms with Gasteiger partial charge in [0.25, 0.3) is 5.91 Å². The van der Waals surface area contributed by atoms with Gasteiger partial charge < -0.3 is 9.42 Å². The van der Waals surface area contributed by atoms with Crippen molar-refractivity contribution in [1.82, 2.24) is 10.1 Å². The summed E-state index contributed by atoms with van der Waals surface area (Å²) in [6.45, 7) is 0.904. The standard InChI is InChI=1S/C19H28N2O2/c22-19(18-15-10-2-1-3-12-17(15)23-20-18)21-13-7-6-9-14-8-4-5-11-16(14)21/h14,16H,1-13H2/t14-,16+/m1/s1. The van der Waals surface area contributed by atoms with Crippen molar-refractivity contribution in [2.75, 3.05) is 6.54 Å². The maximum Gasteiger partial charge on any atom is 0.276 e. The Morgan fingerprint density at radius 1 is 0.957 bits per heavy atom. The molecule has 2 fully saturated rings. The van der Waals surface area contributed by atoms with Crippen molar-refractivity contribution in [1.29, 1.82) is 0 Å². The summed E-state index contributed by atoms with van der Waals surface area (Å²) < 4.78 is 5.55. The van der Waals surface area contributed by atoms with Crippen molar-refractivity contribution in [3.05, 3.63) is 17.0 Å². The molecule has 0 unspecified atom stereocenters. The molecular weight excluding hydrogens is 288 g/mol. The van der Waals surface area contributed by atoms with E-state index in [1.807, 2.05) is 0 Å². The van der Waals surface area contributed by atoms with E-state index in [2.05, 4.69) is 10.1 Å². The Hall–Kier alpha value is -1.32. The molecule has 1 aliphatic heterocycles. The summed E-state index contributed by atoms with van der Waals surface area (Å²) in [5.74, 6) is 1.83. The van der Waals surface area contributed by atoms with Crippen LogP contribution in [0.2, 0.25) is 0 Å². The number of rotatable bonds is 1. The summed E-state index contributed by atoms with van der Waals surface area (Å²) in [4.78, 5) is 15.4. The van der Waals surface area contributed by atoms with Gasteiger partial charge in [0.1, 0.15) is 5.76 Å². The molecule has 2 heterocycles. The predicted octanol–water partition coefficient (Wildman–Crippen LogP) is 4.13. The number of hydrogen-bond acceptors (Lipinski definition) is 3. The van der Waals surface area contributed by atoms with Crippen molar-refractivity contribution in [3.8, 4) is 0 Å². The highest BCUT2D eigenvalue weighted by Gasteiger charge is 2.36. The number of amides is 1. The lowest BCUT2D eigenvalue weighted by Gasteiger charge is -2.38. The van der Waals surface area contributed by atoms with E-state index >= 15 is 0 Å². The van der Waals surface area contributed by atoms with Gasteiger partial charge in [0, 0.05) is 24.6 Å². The smallest absolute Gasteiger partial charge is 0.276 e. The number of aromatic nitrogens is 1. The number of likely N-dealkylation sites (tertiary alicyclic amines) is 1. The van der Waals surface area contributed by atoms with Crippen LogP contribution in [0.4, 0.5) is 0 Å². The van der Waals surface area contributed by atoms with Crippen molar-refractivity contribution >= 4 is 5.91 Å². The maximum absolute atomic E-state index is 13.3. The summed E-state index contributed by atoms with van der Waals surface area (Å²) in [6, 6.07) is 0.442. The molecule has 126 valence electrons. The second-order valence-corrected chi connectivity index (χ2v) is 7.60. The third-order valence-corrected chi connectivity index (χ3v) is 6.16. The van der Waals surface area contributed by atoms with E-state index < -0.39 is 0 Å². The van der Waals surface area contributed by atoms with Crippen LogP contribution in [0, 0.1) is 5.92 Å². The van der Waals surface area contributed by atoms with Crippen LogP contribution in [-0.2, 0) is 12.8 Å². The van der Waals surface area contributed by atoms with E-state index in [1.54, 1.807) is 0 Å². The van der Waals surface area contributed by atoms with E-state index in [0.717, 1.165) is 50.0 Å². The lowest BCUT2D eigenvalue weighted by Crippen LogP contribution is -2.45. The van der Waals surface area contributed by atoms with Gasteiger partial charge in [-0.3, -0.25) is 4.79 Å². The Morgan fingerprint density at radius 2 is 1.74 bits per heavy atom. The van der Waals surface area contributed by atoms with Gasteiger partial charge in [-0.25, -0.2) is 0 Å². The molecule has 1 aromatic heterocycles. The normalized spacial score (nSPS) is 28.4. The fourth-order valence-corrected chi connectivity index (χ4v) is 4.91. The first-order chi connectivity index (χ1) is 11.3. The molecule has 1 saturated heterocycles. The van der Waals surface area contributed by atoms with Gasteiger partial charge in [-0.05, 0) is 50.9 Å². The highest BCUT2D eigenvalue weighted by Crippen LogP contribution is 2.36.